The first-order valence-corrected chi connectivity index (χ1v) is 6.21. The number of hydrogen-bond acceptors (Lipinski definition) is 4. The Morgan fingerprint density at radius 3 is 2.63 bits per heavy atom. The Bertz CT molecular complexity index is 601. The normalized spacial score (nSPS) is 11.0. The molecule has 3 nitrogen and oxygen atoms in total. The summed E-state index contributed by atoms with van der Waals surface area (Å²) in [5, 5.41) is 0.254. The molecular formula is C12H11F3N2OS. The van der Waals surface area contributed by atoms with Gasteiger partial charge in [-0.3, -0.25) is 0 Å². The Hall–Kier alpha value is -1.44. The van der Waals surface area contributed by atoms with Crippen LogP contribution in [0, 0.1) is 17.5 Å². The lowest BCUT2D eigenvalue weighted by Gasteiger charge is -2.00. The number of ether oxygens (including phenoxy) is 1. The van der Waals surface area contributed by atoms with E-state index in [2.05, 4.69) is 4.98 Å². The van der Waals surface area contributed by atoms with Gasteiger partial charge in [0.2, 0.25) is 0 Å². The molecule has 2 rings (SSSR count). The molecular weight excluding hydrogens is 277 g/mol. The summed E-state index contributed by atoms with van der Waals surface area (Å²) in [7, 11) is 1.50. The van der Waals surface area contributed by atoms with E-state index in [0.717, 1.165) is 28.3 Å². The molecule has 1 aromatic carbocycles. The SMILES string of the molecule is COCc1nc(-c2ccc(F)c(F)c2F)sc1CN. The molecule has 7 heteroatoms. The molecule has 0 unspecified atom stereocenters. The third-order valence-electron chi connectivity index (χ3n) is 2.51. The molecule has 0 amide bonds. The van der Waals surface area contributed by atoms with Crippen molar-refractivity contribution in [2.75, 3.05) is 7.11 Å². The van der Waals surface area contributed by atoms with Crippen LogP contribution in [0.4, 0.5) is 13.2 Å². The summed E-state index contributed by atoms with van der Waals surface area (Å²) in [4.78, 5) is 4.88. The second kappa shape index (κ2) is 5.68. The average molecular weight is 288 g/mol. The number of rotatable bonds is 4. The van der Waals surface area contributed by atoms with Gasteiger partial charge in [0.1, 0.15) is 5.01 Å². The molecule has 0 fully saturated rings. The zero-order valence-electron chi connectivity index (χ0n) is 10.0. The van der Waals surface area contributed by atoms with Crippen molar-refractivity contribution in [2.24, 2.45) is 5.73 Å². The first-order valence-electron chi connectivity index (χ1n) is 5.40. The zero-order valence-corrected chi connectivity index (χ0v) is 10.9. The number of halogens is 3. The number of methoxy groups -OCH3 is 1. The fraction of sp³-hybridized carbons (Fsp3) is 0.250. The van der Waals surface area contributed by atoms with Gasteiger partial charge in [-0.15, -0.1) is 11.3 Å². The number of aromatic nitrogens is 1. The van der Waals surface area contributed by atoms with Crippen LogP contribution >= 0.6 is 11.3 Å². The van der Waals surface area contributed by atoms with Crippen molar-refractivity contribution in [1.82, 2.24) is 4.98 Å². The van der Waals surface area contributed by atoms with E-state index in [9.17, 15) is 13.2 Å². The van der Waals surface area contributed by atoms with Crippen LogP contribution in [0.5, 0.6) is 0 Å². The first kappa shape index (κ1) is 14.0. The molecule has 0 radical (unpaired) electrons. The van der Waals surface area contributed by atoms with Crippen LogP contribution in [-0.2, 0) is 17.9 Å². The van der Waals surface area contributed by atoms with E-state index in [0.29, 0.717) is 5.69 Å². The summed E-state index contributed by atoms with van der Waals surface area (Å²) in [5.41, 5.74) is 6.05. The minimum Gasteiger partial charge on any atom is -0.378 e. The second-order valence-corrected chi connectivity index (χ2v) is 4.83. The van der Waals surface area contributed by atoms with Gasteiger partial charge >= 0.3 is 0 Å². The molecule has 0 aliphatic heterocycles. The zero-order chi connectivity index (χ0) is 14.0. The Labute approximate surface area is 111 Å². The van der Waals surface area contributed by atoms with E-state index >= 15 is 0 Å². The first-order chi connectivity index (χ1) is 9.08. The van der Waals surface area contributed by atoms with Gasteiger partial charge in [-0.1, -0.05) is 0 Å². The summed E-state index contributed by atoms with van der Waals surface area (Å²) in [6.45, 7) is 0.454. The van der Waals surface area contributed by atoms with E-state index in [-0.39, 0.29) is 23.7 Å². The third-order valence-corrected chi connectivity index (χ3v) is 3.66. The predicted octanol–water partition coefficient (Wildman–Crippen LogP) is 2.83. The monoisotopic (exact) mass is 288 g/mol. The van der Waals surface area contributed by atoms with Crippen molar-refractivity contribution in [3.63, 3.8) is 0 Å². The van der Waals surface area contributed by atoms with Crippen molar-refractivity contribution < 1.29 is 17.9 Å². The van der Waals surface area contributed by atoms with E-state index in [1.807, 2.05) is 0 Å². The maximum Gasteiger partial charge on any atom is 0.195 e. The van der Waals surface area contributed by atoms with Crippen molar-refractivity contribution >= 4 is 11.3 Å². The van der Waals surface area contributed by atoms with E-state index in [1.54, 1.807) is 0 Å². The highest BCUT2D eigenvalue weighted by Crippen LogP contribution is 2.31. The maximum absolute atomic E-state index is 13.7. The lowest BCUT2D eigenvalue weighted by atomic mass is 10.2. The molecule has 0 saturated heterocycles. The van der Waals surface area contributed by atoms with Crippen LogP contribution in [0.1, 0.15) is 10.6 Å². The molecule has 0 atom stereocenters. The molecule has 19 heavy (non-hydrogen) atoms. The summed E-state index contributed by atoms with van der Waals surface area (Å²) >= 11 is 1.14. The van der Waals surface area contributed by atoms with Crippen molar-refractivity contribution in [3.05, 3.63) is 40.2 Å². The number of nitrogens with two attached hydrogens (primary N) is 1. The molecule has 0 bridgehead atoms. The Morgan fingerprint density at radius 1 is 1.26 bits per heavy atom. The van der Waals surface area contributed by atoms with Crippen LogP contribution in [0.2, 0.25) is 0 Å². The Morgan fingerprint density at radius 2 is 2.00 bits per heavy atom. The van der Waals surface area contributed by atoms with Gasteiger partial charge in [-0.05, 0) is 12.1 Å². The number of thiazole rings is 1. The number of hydrogen-bond donors (Lipinski definition) is 1. The third kappa shape index (κ3) is 2.63. The van der Waals surface area contributed by atoms with Crippen molar-refractivity contribution in [3.8, 4) is 10.6 Å². The van der Waals surface area contributed by atoms with E-state index in [4.69, 9.17) is 10.5 Å². The van der Waals surface area contributed by atoms with Crippen molar-refractivity contribution in [1.29, 1.82) is 0 Å². The summed E-state index contributed by atoms with van der Waals surface area (Å²) in [5.74, 6) is -3.98. The Balaban J connectivity index is 2.50. The maximum atomic E-state index is 13.7. The van der Waals surface area contributed by atoms with Crippen LogP contribution < -0.4 is 5.73 Å². The van der Waals surface area contributed by atoms with E-state index in [1.165, 1.54) is 7.11 Å². The topological polar surface area (TPSA) is 48.1 Å². The van der Waals surface area contributed by atoms with Gasteiger partial charge in [0.15, 0.2) is 17.5 Å². The van der Waals surface area contributed by atoms with Gasteiger partial charge in [0.25, 0.3) is 0 Å². The van der Waals surface area contributed by atoms with Crippen molar-refractivity contribution in [2.45, 2.75) is 13.2 Å². The largest absolute Gasteiger partial charge is 0.378 e. The standard InChI is InChI=1S/C12H11F3N2OS/c1-18-5-8-9(4-16)19-12(17-8)6-2-3-7(13)11(15)10(6)14/h2-3H,4-5,16H2,1H3. The fourth-order valence-electron chi connectivity index (χ4n) is 1.60. The summed E-state index contributed by atoms with van der Waals surface area (Å²) in [6.07, 6.45) is 0. The molecule has 2 N–H and O–H groups in total. The lowest BCUT2D eigenvalue weighted by molar-refractivity contribution is 0.181. The molecule has 102 valence electrons. The summed E-state index contributed by atoms with van der Waals surface area (Å²) < 4.78 is 44.7. The quantitative estimate of drug-likeness (QED) is 0.880. The molecule has 0 aliphatic carbocycles. The molecule has 0 aliphatic rings. The molecule has 0 saturated carbocycles. The predicted molar refractivity (Wildman–Crippen MR) is 66.0 cm³/mol. The van der Waals surface area contributed by atoms with E-state index < -0.39 is 17.5 Å². The lowest BCUT2D eigenvalue weighted by Crippen LogP contribution is -1.99. The van der Waals surface area contributed by atoms with Gasteiger partial charge in [-0.2, -0.15) is 0 Å². The fourth-order valence-corrected chi connectivity index (χ4v) is 2.56. The highest BCUT2D eigenvalue weighted by Gasteiger charge is 2.19. The van der Waals surface area contributed by atoms with Crippen LogP contribution in [0.3, 0.4) is 0 Å². The molecule has 1 aromatic heterocycles. The van der Waals surface area contributed by atoms with Gasteiger partial charge < -0.3 is 10.5 Å². The highest BCUT2D eigenvalue weighted by molar-refractivity contribution is 7.15. The minimum absolute atomic E-state index is 0.0825. The van der Waals surface area contributed by atoms with Crippen LogP contribution in [0.25, 0.3) is 10.6 Å². The summed E-state index contributed by atoms with van der Waals surface area (Å²) in [6, 6.07) is 2.02. The molecule has 0 spiro atoms. The smallest absolute Gasteiger partial charge is 0.195 e. The number of nitrogens with zero attached hydrogens (tertiary/aromatic N) is 1. The Kier molecular flexibility index (Phi) is 4.18. The van der Waals surface area contributed by atoms with Gasteiger partial charge in [0.05, 0.1) is 12.3 Å². The molecule has 1 heterocycles. The number of benzene rings is 1. The van der Waals surface area contributed by atoms with Gasteiger partial charge in [0, 0.05) is 24.1 Å². The minimum atomic E-state index is -1.50. The van der Waals surface area contributed by atoms with Crippen LogP contribution in [0.15, 0.2) is 12.1 Å². The molecule has 2 aromatic rings. The highest BCUT2D eigenvalue weighted by atomic mass is 32.1. The van der Waals surface area contributed by atoms with Gasteiger partial charge in [-0.25, -0.2) is 18.2 Å². The average Bonchev–Trinajstić information content (AvgIpc) is 2.79. The second-order valence-electron chi connectivity index (χ2n) is 3.75. The van der Waals surface area contributed by atoms with Crippen LogP contribution in [-0.4, -0.2) is 12.1 Å².